The van der Waals surface area contributed by atoms with Crippen molar-refractivity contribution in [3.63, 3.8) is 0 Å². The lowest BCUT2D eigenvalue weighted by Crippen LogP contribution is -2.52. The second kappa shape index (κ2) is 7.70. The van der Waals surface area contributed by atoms with Crippen LogP contribution < -0.4 is 5.32 Å². The fraction of sp³-hybridized carbons (Fsp3) is 0.474. The summed E-state index contributed by atoms with van der Waals surface area (Å²) in [5, 5.41) is 3.11. The number of nitrogens with one attached hydrogen (secondary N) is 1. The Bertz CT molecular complexity index is 710. The van der Waals surface area contributed by atoms with Gasteiger partial charge in [-0.2, -0.15) is 0 Å². The normalized spacial score (nSPS) is 18.8. The van der Waals surface area contributed by atoms with E-state index in [2.05, 4.69) is 41.5 Å². The van der Waals surface area contributed by atoms with E-state index in [-0.39, 0.29) is 18.1 Å². The fourth-order valence-electron chi connectivity index (χ4n) is 3.19. The molecule has 3 rings (SSSR count). The van der Waals surface area contributed by atoms with Gasteiger partial charge in [0.2, 0.25) is 0 Å². The molecule has 6 heteroatoms. The minimum absolute atomic E-state index is 0.0165. The van der Waals surface area contributed by atoms with E-state index in [4.69, 9.17) is 4.74 Å². The van der Waals surface area contributed by atoms with Gasteiger partial charge in [0.25, 0.3) is 0 Å². The lowest BCUT2D eigenvalue weighted by molar-refractivity contribution is 0.0108. The van der Waals surface area contributed by atoms with E-state index >= 15 is 0 Å². The number of hydrogen-bond acceptors (Lipinski definition) is 3. The molecule has 0 radical (unpaired) electrons. The van der Waals surface area contributed by atoms with Crippen LogP contribution in [0.25, 0.3) is 5.69 Å². The number of urea groups is 1. The van der Waals surface area contributed by atoms with E-state index in [0.29, 0.717) is 19.8 Å². The highest BCUT2D eigenvalue weighted by Gasteiger charge is 2.26. The number of amides is 2. The summed E-state index contributed by atoms with van der Waals surface area (Å²) in [5.74, 6) is 0.951. The van der Waals surface area contributed by atoms with Crippen LogP contribution in [0.1, 0.15) is 37.7 Å². The van der Waals surface area contributed by atoms with Crippen LogP contribution in [0.2, 0.25) is 0 Å². The Hall–Kier alpha value is -2.34. The van der Waals surface area contributed by atoms with Crippen LogP contribution in [0.15, 0.2) is 36.7 Å². The number of carbonyl (C=O) groups excluding carboxylic acids is 1. The number of aryl methyl sites for hydroxylation is 1. The Kier molecular flexibility index (Phi) is 5.38. The Labute approximate surface area is 148 Å². The maximum atomic E-state index is 12.6. The van der Waals surface area contributed by atoms with Gasteiger partial charge in [0.15, 0.2) is 0 Å². The SMILES string of the molecule is CC[C@H]1COCCN1C(=O)N[C@@H](C)c1ccc(-n2ccnc2C)cc1. The van der Waals surface area contributed by atoms with Crippen LogP contribution in [0.5, 0.6) is 0 Å². The maximum absolute atomic E-state index is 12.6. The molecule has 1 aliphatic rings. The largest absolute Gasteiger partial charge is 0.377 e. The number of benzene rings is 1. The van der Waals surface area contributed by atoms with Gasteiger partial charge in [0.1, 0.15) is 5.82 Å². The van der Waals surface area contributed by atoms with Gasteiger partial charge in [-0.05, 0) is 38.0 Å². The summed E-state index contributed by atoms with van der Waals surface area (Å²) in [5.41, 5.74) is 2.15. The van der Waals surface area contributed by atoms with Crippen LogP contribution >= 0.6 is 0 Å². The lowest BCUT2D eigenvalue weighted by Gasteiger charge is -2.35. The van der Waals surface area contributed by atoms with E-state index in [0.717, 1.165) is 23.5 Å². The molecule has 1 fully saturated rings. The van der Waals surface area contributed by atoms with Crippen molar-refractivity contribution in [1.29, 1.82) is 0 Å². The molecule has 2 heterocycles. The van der Waals surface area contributed by atoms with Gasteiger partial charge in [-0.3, -0.25) is 0 Å². The molecule has 1 N–H and O–H groups in total. The van der Waals surface area contributed by atoms with E-state index < -0.39 is 0 Å². The Morgan fingerprint density at radius 1 is 1.40 bits per heavy atom. The number of aromatic nitrogens is 2. The molecule has 0 saturated carbocycles. The molecule has 1 aromatic heterocycles. The van der Waals surface area contributed by atoms with E-state index in [1.54, 1.807) is 6.20 Å². The zero-order valence-electron chi connectivity index (χ0n) is 15.1. The Balaban J connectivity index is 1.65. The Morgan fingerprint density at radius 3 is 2.80 bits per heavy atom. The first-order valence-electron chi connectivity index (χ1n) is 8.85. The molecular weight excluding hydrogens is 316 g/mol. The zero-order chi connectivity index (χ0) is 17.8. The molecular formula is C19H26N4O2. The van der Waals surface area contributed by atoms with Crippen molar-refractivity contribution in [1.82, 2.24) is 19.8 Å². The number of nitrogens with zero attached hydrogens (tertiary/aromatic N) is 3. The highest BCUT2D eigenvalue weighted by atomic mass is 16.5. The van der Waals surface area contributed by atoms with Crippen LogP contribution in [0.4, 0.5) is 4.79 Å². The summed E-state index contributed by atoms with van der Waals surface area (Å²) in [7, 11) is 0. The highest BCUT2D eigenvalue weighted by molar-refractivity contribution is 5.75. The highest BCUT2D eigenvalue weighted by Crippen LogP contribution is 2.18. The smallest absolute Gasteiger partial charge is 0.318 e. The predicted octanol–water partition coefficient (Wildman–Crippen LogP) is 3.06. The first kappa shape index (κ1) is 17.5. The monoisotopic (exact) mass is 342 g/mol. The molecule has 0 unspecified atom stereocenters. The number of morpholine rings is 1. The van der Waals surface area contributed by atoms with Gasteiger partial charge in [-0.25, -0.2) is 9.78 Å². The molecule has 0 aliphatic carbocycles. The van der Waals surface area contributed by atoms with E-state index in [9.17, 15) is 4.79 Å². The molecule has 0 bridgehead atoms. The van der Waals surface area contributed by atoms with Gasteiger partial charge in [-0.15, -0.1) is 0 Å². The summed E-state index contributed by atoms with van der Waals surface area (Å²) in [6.45, 7) is 7.95. The molecule has 0 spiro atoms. The van der Waals surface area contributed by atoms with Crippen molar-refractivity contribution >= 4 is 6.03 Å². The first-order valence-corrected chi connectivity index (χ1v) is 8.85. The molecule has 2 amide bonds. The minimum Gasteiger partial charge on any atom is -0.377 e. The van der Waals surface area contributed by atoms with Crippen molar-refractivity contribution in [3.8, 4) is 5.69 Å². The van der Waals surface area contributed by atoms with Gasteiger partial charge >= 0.3 is 6.03 Å². The number of hydrogen-bond donors (Lipinski definition) is 1. The fourth-order valence-corrected chi connectivity index (χ4v) is 3.19. The summed E-state index contributed by atoms with van der Waals surface area (Å²) >= 11 is 0. The van der Waals surface area contributed by atoms with E-state index in [1.807, 2.05) is 29.5 Å². The van der Waals surface area contributed by atoms with Crippen LogP contribution in [0, 0.1) is 6.92 Å². The molecule has 25 heavy (non-hydrogen) atoms. The van der Waals surface area contributed by atoms with Crippen LogP contribution in [-0.4, -0.2) is 46.3 Å². The van der Waals surface area contributed by atoms with Crippen molar-refractivity contribution < 1.29 is 9.53 Å². The Morgan fingerprint density at radius 2 is 2.16 bits per heavy atom. The van der Waals surface area contributed by atoms with Crippen molar-refractivity contribution in [2.24, 2.45) is 0 Å². The average Bonchev–Trinajstić information content (AvgIpc) is 3.07. The number of ether oxygens (including phenoxy) is 1. The van der Waals surface area contributed by atoms with Gasteiger partial charge in [0, 0.05) is 24.6 Å². The van der Waals surface area contributed by atoms with Crippen molar-refractivity contribution in [3.05, 3.63) is 48.0 Å². The van der Waals surface area contributed by atoms with Crippen LogP contribution in [-0.2, 0) is 4.74 Å². The second-order valence-electron chi connectivity index (χ2n) is 6.44. The van der Waals surface area contributed by atoms with E-state index in [1.165, 1.54) is 0 Å². The minimum atomic E-state index is -0.0502. The topological polar surface area (TPSA) is 59.4 Å². The molecule has 1 aromatic carbocycles. The summed E-state index contributed by atoms with van der Waals surface area (Å²) in [4.78, 5) is 18.7. The molecule has 134 valence electrons. The first-order chi connectivity index (χ1) is 12.1. The maximum Gasteiger partial charge on any atom is 0.318 e. The lowest BCUT2D eigenvalue weighted by atomic mass is 10.1. The number of imidazole rings is 1. The summed E-state index contributed by atoms with van der Waals surface area (Å²) in [6.07, 6.45) is 4.64. The van der Waals surface area contributed by atoms with Crippen molar-refractivity contribution in [2.75, 3.05) is 19.8 Å². The molecule has 6 nitrogen and oxygen atoms in total. The summed E-state index contributed by atoms with van der Waals surface area (Å²) in [6, 6.07) is 8.30. The third-order valence-electron chi connectivity index (χ3n) is 4.80. The number of carbonyl (C=O) groups is 1. The van der Waals surface area contributed by atoms with Crippen LogP contribution in [0.3, 0.4) is 0 Å². The van der Waals surface area contributed by atoms with Crippen molar-refractivity contribution in [2.45, 2.75) is 39.3 Å². The molecule has 2 aromatic rings. The third-order valence-corrected chi connectivity index (χ3v) is 4.80. The third kappa shape index (κ3) is 3.85. The van der Waals surface area contributed by atoms with Gasteiger partial charge < -0.3 is 19.5 Å². The number of rotatable bonds is 4. The summed E-state index contributed by atoms with van der Waals surface area (Å²) < 4.78 is 7.51. The molecule has 1 aliphatic heterocycles. The van der Waals surface area contributed by atoms with Gasteiger partial charge in [0.05, 0.1) is 25.3 Å². The second-order valence-corrected chi connectivity index (χ2v) is 6.44. The average molecular weight is 342 g/mol. The molecule has 2 atom stereocenters. The van der Waals surface area contributed by atoms with Gasteiger partial charge in [-0.1, -0.05) is 19.1 Å². The zero-order valence-corrected chi connectivity index (χ0v) is 15.1. The predicted molar refractivity (Wildman–Crippen MR) is 96.9 cm³/mol. The quantitative estimate of drug-likeness (QED) is 0.929. The standard InChI is InChI=1S/C19H26N4O2/c1-4-17-13-25-12-11-23(17)19(24)21-14(2)16-5-7-18(8-6-16)22-10-9-20-15(22)3/h5-10,14,17H,4,11-13H2,1-3H3,(H,21,24)/t14-,17-/m0/s1. The molecule has 1 saturated heterocycles.